The Morgan fingerprint density at radius 1 is 0.463 bits per heavy atom. The molecule has 0 fully saturated rings. The number of ether oxygens (including phenoxy) is 4. The predicted molar refractivity (Wildman–Crippen MR) is 194 cm³/mol. The van der Waals surface area contributed by atoms with E-state index in [0.29, 0.717) is 5.69 Å². The smallest absolute Gasteiger partial charge is 0.343 e. The first-order valence-corrected chi connectivity index (χ1v) is 16.1. The summed E-state index contributed by atoms with van der Waals surface area (Å²) in [5.74, 6) is -2.88. The van der Waals surface area contributed by atoms with Crippen LogP contribution in [-0.4, -0.2) is 41.4 Å². The second-order valence-electron chi connectivity index (χ2n) is 11.4. The first kappa shape index (κ1) is 35.9. The molecule has 54 heavy (non-hydrogen) atoms. The zero-order chi connectivity index (χ0) is 38.0. The molecule has 0 unspecified atom stereocenters. The van der Waals surface area contributed by atoms with Gasteiger partial charge in [0.15, 0.2) is 0 Å². The number of hydrogen-bond donors (Lipinski definition) is 2. The lowest BCUT2D eigenvalue weighted by atomic mass is 10.1. The fourth-order valence-corrected chi connectivity index (χ4v) is 5.09. The number of anilines is 1. The van der Waals surface area contributed by atoms with Gasteiger partial charge in [-0.25, -0.2) is 19.2 Å². The zero-order valence-corrected chi connectivity index (χ0v) is 28.0. The fraction of sp³-hybridized carbons (Fsp3) is 0. The summed E-state index contributed by atoms with van der Waals surface area (Å²) in [5, 5.41) is 11.9. The van der Waals surface area contributed by atoms with Crippen molar-refractivity contribution in [2.45, 2.75) is 0 Å². The number of aromatic carboxylic acids is 1. The van der Waals surface area contributed by atoms with E-state index in [-0.39, 0.29) is 57.3 Å². The molecule has 266 valence electrons. The summed E-state index contributed by atoms with van der Waals surface area (Å²) in [6.07, 6.45) is 0. The average molecular weight is 722 g/mol. The normalized spacial score (nSPS) is 10.4. The molecule has 6 aromatic rings. The Hall–Kier alpha value is -7.86. The number of benzene rings is 6. The van der Waals surface area contributed by atoms with Crippen molar-refractivity contribution >= 4 is 41.9 Å². The minimum atomic E-state index is -1.15. The van der Waals surface area contributed by atoms with Crippen LogP contribution in [0.4, 0.5) is 5.69 Å². The van der Waals surface area contributed by atoms with E-state index in [1.165, 1.54) is 78.9 Å². The van der Waals surface area contributed by atoms with E-state index < -0.39 is 29.8 Å². The minimum absolute atomic E-state index is 0.0261. The van der Waals surface area contributed by atoms with E-state index in [0.717, 1.165) is 11.1 Å². The predicted octanol–water partition coefficient (Wildman–Crippen LogP) is 7.50. The van der Waals surface area contributed by atoms with Gasteiger partial charge < -0.3 is 29.4 Å². The molecular weight excluding hydrogens is 694 g/mol. The second-order valence-corrected chi connectivity index (χ2v) is 11.4. The van der Waals surface area contributed by atoms with E-state index in [2.05, 4.69) is 5.32 Å². The minimum Gasteiger partial charge on any atom is -0.478 e. The van der Waals surface area contributed by atoms with E-state index in [9.17, 15) is 28.8 Å². The van der Waals surface area contributed by atoms with Gasteiger partial charge in [-0.3, -0.25) is 9.59 Å². The van der Waals surface area contributed by atoms with E-state index in [1.54, 1.807) is 66.7 Å². The first-order valence-electron chi connectivity index (χ1n) is 16.1. The van der Waals surface area contributed by atoms with Crippen molar-refractivity contribution in [2.24, 2.45) is 0 Å². The molecule has 2 N–H and O–H groups in total. The summed E-state index contributed by atoms with van der Waals surface area (Å²) in [7, 11) is 0. The molecule has 0 aromatic heterocycles. The number of carboxylic acids is 1. The molecule has 12 heteroatoms. The summed E-state index contributed by atoms with van der Waals surface area (Å²) >= 11 is 0. The Labute approximate surface area is 307 Å². The molecule has 0 atom stereocenters. The summed E-state index contributed by atoms with van der Waals surface area (Å²) in [4.78, 5) is 73.0. The molecule has 0 aliphatic rings. The van der Waals surface area contributed by atoms with Crippen molar-refractivity contribution in [1.82, 2.24) is 0 Å². The largest absolute Gasteiger partial charge is 0.478 e. The highest BCUT2D eigenvalue weighted by Gasteiger charge is 2.16. The third kappa shape index (κ3) is 9.08. The van der Waals surface area contributed by atoms with E-state index >= 15 is 0 Å². The van der Waals surface area contributed by atoms with E-state index in [4.69, 9.17) is 24.1 Å². The number of hydrogen-bond acceptors (Lipinski definition) is 10. The average Bonchev–Trinajstić information content (AvgIpc) is 3.19. The quantitative estimate of drug-likeness (QED) is 0.0728. The molecule has 0 radical (unpaired) electrons. The van der Waals surface area contributed by atoms with Crippen LogP contribution in [0.3, 0.4) is 0 Å². The standard InChI is InChI=1S/C42H27NO11/c44-25-51-36-11-3-9-32(23-36)42(50)54-37-12-4-10-33(24-37)43-38(45)28-5-1-7-30(21-28)40(48)52-34-17-13-26(14-18-34)27-15-19-35(20-16-27)53-41(49)31-8-2-6-29(22-31)39(46)47/h1-25H,(H,43,45)(H,46,47). The van der Waals surface area contributed by atoms with Crippen molar-refractivity contribution in [1.29, 1.82) is 0 Å². The Morgan fingerprint density at radius 2 is 0.907 bits per heavy atom. The van der Waals surface area contributed by atoms with Crippen LogP contribution in [0.1, 0.15) is 51.8 Å². The lowest BCUT2D eigenvalue weighted by Gasteiger charge is -2.10. The van der Waals surface area contributed by atoms with Crippen molar-refractivity contribution in [3.8, 4) is 34.1 Å². The first-order chi connectivity index (χ1) is 26.1. The Morgan fingerprint density at radius 3 is 1.46 bits per heavy atom. The fourth-order valence-electron chi connectivity index (χ4n) is 5.09. The third-order valence-corrected chi connectivity index (χ3v) is 7.73. The molecule has 0 aliphatic carbocycles. The maximum atomic E-state index is 13.1. The van der Waals surface area contributed by atoms with Gasteiger partial charge >= 0.3 is 23.9 Å². The lowest BCUT2D eigenvalue weighted by molar-refractivity contribution is -0.120. The number of carboxylic acid groups (broad SMARTS) is 1. The van der Waals surface area contributed by atoms with Crippen LogP contribution >= 0.6 is 0 Å². The second kappa shape index (κ2) is 16.4. The van der Waals surface area contributed by atoms with Gasteiger partial charge in [-0.15, -0.1) is 0 Å². The number of rotatable bonds is 12. The molecule has 1 amide bonds. The lowest BCUT2D eigenvalue weighted by Crippen LogP contribution is -2.14. The third-order valence-electron chi connectivity index (χ3n) is 7.73. The van der Waals surface area contributed by atoms with Crippen LogP contribution in [0.2, 0.25) is 0 Å². The molecule has 0 heterocycles. The molecule has 0 spiro atoms. The van der Waals surface area contributed by atoms with Crippen LogP contribution < -0.4 is 24.3 Å². The van der Waals surface area contributed by atoms with Crippen molar-refractivity contribution in [2.75, 3.05) is 5.32 Å². The Bertz CT molecular complexity index is 2390. The van der Waals surface area contributed by atoms with Gasteiger partial charge in [-0.1, -0.05) is 48.5 Å². The summed E-state index contributed by atoms with van der Waals surface area (Å²) in [6.45, 7) is 0.249. The van der Waals surface area contributed by atoms with Gasteiger partial charge in [0.05, 0.1) is 22.3 Å². The molecule has 6 aromatic carbocycles. The topological polar surface area (TPSA) is 172 Å². The number of esters is 3. The van der Waals surface area contributed by atoms with Crippen LogP contribution in [0.25, 0.3) is 11.1 Å². The van der Waals surface area contributed by atoms with Gasteiger partial charge in [0.25, 0.3) is 12.4 Å². The monoisotopic (exact) mass is 721 g/mol. The molecule has 0 saturated heterocycles. The van der Waals surface area contributed by atoms with Crippen molar-refractivity contribution in [3.05, 3.63) is 173 Å². The van der Waals surface area contributed by atoms with Crippen LogP contribution in [0.5, 0.6) is 23.0 Å². The summed E-state index contributed by atoms with van der Waals surface area (Å²) in [5.41, 5.74) is 2.46. The zero-order valence-electron chi connectivity index (χ0n) is 28.0. The number of carbonyl (C=O) groups is 6. The van der Waals surface area contributed by atoms with Crippen molar-refractivity contribution in [3.63, 3.8) is 0 Å². The summed E-state index contributed by atoms with van der Waals surface area (Å²) in [6, 6.07) is 37.0. The van der Waals surface area contributed by atoms with Crippen LogP contribution in [-0.2, 0) is 4.79 Å². The van der Waals surface area contributed by atoms with Gasteiger partial charge in [0.1, 0.15) is 23.0 Å². The molecule has 0 bridgehead atoms. The number of amides is 1. The Balaban J connectivity index is 1.04. The number of carbonyl (C=O) groups excluding carboxylic acids is 5. The van der Waals surface area contributed by atoms with E-state index in [1.807, 2.05) is 0 Å². The van der Waals surface area contributed by atoms with Gasteiger partial charge in [-0.2, -0.15) is 0 Å². The summed E-state index contributed by atoms with van der Waals surface area (Å²) < 4.78 is 21.1. The van der Waals surface area contributed by atoms with Crippen LogP contribution in [0, 0.1) is 0 Å². The highest BCUT2D eigenvalue weighted by molar-refractivity contribution is 6.06. The van der Waals surface area contributed by atoms with Crippen molar-refractivity contribution < 1.29 is 52.8 Å². The maximum Gasteiger partial charge on any atom is 0.343 e. The highest BCUT2D eigenvalue weighted by atomic mass is 16.5. The molecule has 0 saturated carbocycles. The van der Waals surface area contributed by atoms with Gasteiger partial charge in [0.2, 0.25) is 0 Å². The molecular formula is C42H27NO11. The molecule has 0 aliphatic heterocycles. The Kier molecular flexibility index (Phi) is 10.9. The molecule has 6 rings (SSSR count). The van der Waals surface area contributed by atoms with Gasteiger partial charge in [-0.05, 0) is 102 Å². The van der Waals surface area contributed by atoms with Crippen LogP contribution in [0.15, 0.2) is 146 Å². The maximum absolute atomic E-state index is 13.1. The molecule has 12 nitrogen and oxygen atoms in total. The highest BCUT2D eigenvalue weighted by Crippen LogP contribution is 2.26. The van der Waals surface area contributed by atoms with Gasteiger partial charge in [0, 0.05) is 17.3 Å². The number of nitrogens with one attached hydrogen (secondary N) is 1. The SMILES string of the molecule is O=COc1cccc(C(=O)Oc2cccc(NC(=O)c3cccc(C(=O)Oc4ccc(-c5ccc(OC(=O)c6cccc(C(=O)O)c6)cc5)cc4)c3)c2)c1.